The standard InChI is InChI=1S/C16H19FN4O2/c1-8-13-11(15(22)19-16(23)21(13)10-2-3-10)6-12(17)14(8)20-5-4-9(18)7-20/h6,9-10H,2-5,7,18H2,1H3,(H,19,22,23)/t9-/m0/s1. The summed E-state index contributed by atoms with van der Waals surface area (Å²) in [5, 5.41) is 0.235. The van der Waals surface area contributed by atoms with Gasteiger partial charge in [0.15, 0.2) is 0 Å². The van der Waals surface area contributed by atoms with Crippen LogP contribution in [0.4, 0.5) is 10.1 Å². The van der Waals surface area contributed by atoms with Crippen LogP contribution in [0.25, 0.3) is 10.9 Å². The second kappa shape index (κ2) is 4.92. The summed E-state index contributed by atoms with van der Waals surface area (Å²) in [6.07, 6.45) is 2.62. The van der Waals surface area contributed by atoms with Gasteiger partial charge >= 0.3 is 5.69 Å². The molecule has 2 heterocycles. The molecule has 2 aliphatic rings. The third kappa shape index (κ3) is 2.18. The summed E-state index contributed by atoms with van der Waals surface area (Å²) in [5.74, 6) is -0.435. The monoisotopic (exact) mass is 318 g/mol. The lowest BCUT2D eigenvalue weighted by Gasteiger charge is -2.23. The Hall–Kier alpha value is -2.15. The number of hydrogen-bond acceptors (Lipinski definition) is 4. The number of halogens is 1. The smallest absolute Gasteiger partial charge is 0.329 e. The van der Waals surface area contributed by atoms with Gasteiger partial charge in [-0.2, -0.15) is 0 Å². The topological polar surface area (TPSA) is 84.1 Å². The van der Waals surface area contributed by atoms with Gasteiger partial charge in [0.2, 0.25) is 0 Å². The van der Waals surface area contributed by atoms with E-state index in [4.69, 9.17) is 5.73 Å². The van der Waals surface area contributed by atoms with E-state index < -0.39 is 17.1 Å². The van der Waals surface area contributed by atoms with Crippen molar-refractivity contribution in [3.63, 3.8) is 0 Å². The van der Waals surface area contributed by atoms with E-state index in [-0.39, 0.29) is 17.5 Å². The first kappa shape index (κ1) is 14.4. The van der Waals surface area contributed by atoms with E-state index in [1.807, 2.05) is 4.90 Å². The summed E-state index contributed by atoms with van der Waals surface area (Å²) < 4.78 is 16.3. The van der Waals surface area contributed by atoms with Gasteiger partial charge in [-0.25, -0.2) is 9.18 Å². The molecular formula is C16H19FN4O2. The van der Waals surface area contributed by atoms with E-state index in [9.17, 15) is 14.0 Å². The molecule has 1 atom stereocenters. The summed E-state index contributed by atoms with van der Waals surface area (Å²) in [6, 6.07) is 1.37. The largest absolute Gasteiger partial charge is 0.367 e. The minimum Gasteiger partial charge on any atom is -0.367 e. The highest BCUT2D eigenvalue weighted by atomic mass is 19.1. The Labute approximate surface area is 131 Å². The molecule has 0 spiro atoms. The van der Waals surface area contributed by atoms with Crippen LogP contribution < -0.4 is 21.9 Å². The molecule has 0 radical (unpaired) electrons. The van der Waals surface area contributed by atoms with Crippen molar-refractivity contribution in [3.05, 3.63) is 38.3 Å². The van der Waals surface area contributed by atoms with E-state index in [0.717, 1.165) is 19.3 Å². The Balaban J connectivity index is 2.04. The van der Waals surface area contributed by atoms with Crippen LogP contribution in [-0.4, -0.2) is 28.7 Å². The summed E-state index contributed by atoms with van der Waals surface area (Å²) in [5.41, 5.74) is 6.65. The number of aromatic amines is 1. The fraction of sp³-hybridized carbons (Fsp3) is 0.500. The highest BCUT2D eigenvalue weighted by Crippen LogP contribution is 2.38. The lowest BCUT2D eigenvalue weighted by atomic mass is 10.1. The highest BCUT2D eigenvalue weighted by Gasteiger charge is 2.30. The maximum absolute atomic E-state index is 14.7. The van der Waals surface area contributed by atoms with Crippen molar-refractivity contribution < 1.29 is 4.39 Å². The van der Waals surface area contributed by atoms with Gasteiger partial charge in [0.1, 0.15) is 5.82 Å². The van der Waals surface area contributed by atoms with Crippen LogP contribution in [0.3, 0.4) is 0 Å². The second-order valence-corrected chi connectivity index (χ2v) is 6.58. The zero-order valence-electron chi connectivity index (χ0n) is 12.9. The molecule has 122 valence electrons. The van der Waals surface area contributed by atoms with Gasteiger partial charge in [0, 0.05) is 30.7 Å². The van der Waals surface area contributed by atoms with Crippen LogP contribution in [0.1, 0.15) is 30.9 Å². The first-order valence-corrected chi connectivity index (χ1v) is 7.95. The zero-order chi connectivity index (χ0) is 16.3. The number of hydrogen-bond donors (Lipinski definition) is 2. The van der Waals surface area contributed by atoms with E-state index in [0.29, 0.717) is 29.9 Å². The number of H-pyrrole nitrogens is 1. The Kier molecular flexibility index (Phi) is 3.09. The van der Waals surface area contributed by atoms with Crippen molar-refractivity contribution in [2.24, 2.45) is 5.73 Å². The quantitative estimate of drug-likeness (QED) is 0.865. The normalized spacial score (nSPS) is 21.3. The highest BCUT2D eigenvalue weighted by molar-refractivity contribution is 5.87. The summed E-state index contributed by atoms with van der Waals surface area (Å²) in [6.45, 7) is 3.05. The summed E-state index contributed by atoms with van der Waals surface area (Å²) in [4.78, 5) is 28.6. The Bertz CT molecular complexity index is 913. The summed E-state index contributed by atoms with van der Waals surface area (Å²) in [7, 11) is 0. The van der Waals surface area contributed by atoms with Crippen LogP contribution in [0.2, 0.25) is 0 Å². The van der Waals surface area contributed by atoms with E-state index in [1.54, 1.807) is 11.5 Å². The first-order valence-electron chi connectivity index (χ1n) is 7.95. The van der Waals surface area contributed by atoms with Gasteiger partial charge in [-0.3, -0.25) is 14.3 Å². The number of rotatable bonds is 2. The van der Waals surface area contributed by atoms with Gasteiger partial charge in [-0.1, -0.05) is 0 Å². The van der Waals surface area contributed by atoms with Crippen molar-refractivity contribution in [3.8, 4) is 0 Å². The van der Waals surface area contributed by atoms with Crippen molar-refractivity contribution in [2.75, 3.05) is 18.0 Å². The number of benzene rings is 1. The number of nitrogens with zero attached hydrogens (tertiary/aromatic N) is 2. The maximum atomic E-state index is 14.7. The fourth-order valence-corrected chi connectivity index (χ4v) is 3.63. The van der Waals surface area contributed by atoms with Crippen molar-refractivity contribution >= 4 is 16.6 Å². The molecule has 2 fully saturated rings. The Morgan fingerprint density at radius 3 is 2.65 bits per heavy atom. The van der Waals surface area contributed by atoms with Crippen LogP contribution in [0.15, 0.2) is 15.7 Å². The number of anilines is 1. The molecule has 1 saturated carbocycles. The average Bonchev–Trinajstić information content (AvgIpc) is 3.23. The lowest BCUT2D eigenvalue weighted by molar-refractivity contribution is 0.621. The van der Waals surface area contributed by atoms with Crippen LogP contribution in [-0.2, 0) is 0 Å². The molecule has 1 saturated heterocycles. The molecule has 4 rings (SSSR count). The van der Waals surface area contributed by atoms with Crippen LogP contribution in [0.5, 0.6) is 0 Å². The molecule has 1 aromatic heterocycles. The van der Waals surface area contributed by atoms with E-state index >= 15 is 0 Å². The summed E-state index contributed by atoms with van der Waals surface area (Å²) >= 11 is 0. The lowest BCUT2D eigenvalue weighted by Crippen LogP contribution is -2.32. The van der Waals surface area contributed by atoms with Gasteiger partial charge in [-0.05, 0) is 32.3 Å². The first-order chi connectivity index (χ1) is 11.0. The van der Waals surface area contributed by atoms with Crippen molar-refractivity contribution in [1.82, 2.24) is 9.55 Å². The van der Waals surface area contributed by atoms with Crippen molar-refractivity contribution in [1.29, 1.82) is 0 Å². The minimum absolute atomic E-state index is 0.0225. The van der Waals surface area contributed by atoms with Crippen molar-refractivity contribution in [2.45, 2.75) is 38.3 Å². The van der Waals surface area contributed by atoms with Crippen LogP contribution in [0, 0.1) is 12.7 Å². The predicted molar refractivity (Wildman–Crippen MR) is 86.6 cm³/mol. The maximum Gasteiger partial charge on any atom is 0.329 e. The van der Waals surface area contributed by atoms with Gasteiger partial charge in [0.25, 0.3) is 5.56 Å². The SMILES string of the molecule is Cc1c(N2CC[C@H](N)C2)c(F)cc2c(=O)[nH]c(=O)n(C3CC3)c12. The molecule has 1 aliphatic heterocycles. The molecule has 3 N–H and O–H groups in total. The Morgan fingerprint density at radius 2 is 2.04 bits per heavy atom. The van der Waals surface area contributed by atoms with Gasteiger partial charge in [-0.15, -0.1) is 0 Å². The second-order valence-electron chi connectivity index (χ2n) is 6.58. The Morgan fingerprint density at radius 1 is 1.30 bits per heavy atom. The molecule has 1 aliphatic carbocycles. The molecule has 23 heavy (non-hydrogen) atoms. The third-order valence-corrected chi connectivity index (χ3v) is 4.84. The van der Waals surface area contributed by atoms with Crippen LogP contribution >= 0.6 is 0 Å². The average molecular weight is 318 g/mol. The van der Waals surface area contributed by atoms with Gasteiger partial charge in [0.05, 0.1) is 16.6 Å². The molecule has 2 aromatic rings. The van der Waals surface area contributed by atoms with E-state index in [1.165, 1.54) is 6.07 Å². The minimum atomic E-state index is -0.534. The number of aryl methyl sites for hydroxylation is 1. The number of fused-ring (bicyclic) bond motifs is 1. The third-order valence-electron chi connectivity index (χ3n) is 4.84. The molecule has 0 amide bonds. The molecular weight excluding hydrogens is 299 g/mol. The molecule has 0 bridgehead atoms. The fourth-order valence-electron chi connectivity index (χ4n) is 3.63. The molecule has 6 nitrogen and oxygen atoms in total. The molecule has 1 aromatic carbocycles. The van der Waals surface area contributed by atoms with E-state index in [2.05, 4.69) is 4.98 Å². The number of nitrogens with one attached hydrogen (secondary N) is 1. The molecule has 0 unspecified atom stereocenters. The predicted octanol–water partition coefficient (Wildman–Crippen LogP) is 1.01. The van der Waals surface area contributed by atoms with Gasteiger partial charge < -0.3 is 10.6 Å². The number of nitrogens with two attached hydrogens (primary N) is 1. The number of aromatic nitrogens is 2. The molecule has 7 heteroatoms. The zero-order valence-corrected chi connectivity index (χ0v) is 12.9.